The molecule has 0 N–H and O–H groups in total. The fourth-order valence-electron chi connectivity index (χ4n) is 3.43. The molecule has 0 saturated carbocycles. The fraction of sp³-hybridized carbons (Fsp3) is 0.500. The van der Waals surface area contributed by atoms with E-state index >= 15 is 0 Å². The minimum atomic E-state index is -2.16. The van der Waals surface area contributed by atoms with E-state index in [2.05, 4.69) is 56.5 Å². The van der Waals surface area contributed by atoms with Crippen molar-refractivity contribution in [1.29, 1.82) is 0 Å². The molecule has 33 heavy (non-hydrogen) atoms. The monoisotopic (exact) mass is 582 g/mol. The Morgan fingerprint density at radius 3 is 2.15 bits per heavy atom. The van der Waals surface area contributed by atoms with Gasteiger partial charge in [0.1, 0.15) is 6.10 Å². The van der Waals surface area contributed by atoms with Gasteiger partial charge in [0.2, 0.25) is 0 Å². The first kappa shape index (κ1) is 26.3. The lowest BCUT2D eigenvalue weighted by Crippen LogP contribution is -2.61. The number of hydrogen-bond acceptors (Lipinski definition) is 5. The summed E-state index contributed by atoms with van der Waals surface area (Å²) in [5, 5.41) is 0.0132. The minimum absolute atomic E-state index is 0.0132. The van der Waals surface area contributed by atoms with E-state index in [0.717, 1.165) is 5.56 Å². The highest BCUT2D eigenvalue weighted by Gasteiger charge is 2.50. The molecule has 1 aliphatic heterocycles. The predicted octanol–water partition coefficient (Wildman–Crippen LogP) is 6.37. The average molecular weight is 583 g/mol. The summed E-state index contributed by atoms with van der Waals surface area (Å²) in [5.74, 6) is -0.368. The zero-order chi connectivity index (χ0) is 24.2. The molecular formula is C26H35IO5Si. The van der Waals surface area contributed by atoms with Crippen LogP contribution in [0.15, 0.2) is 60.7 Å². The molecule has 3 rings (SSSR count). The minimum Gasteiger partial charge on any atom is -0.453 e. The van der Waals surface area contributed by atoms with Crippen LogP contribution >= 0.6 is 22.6 Å². The van der Waals surface area contributed by atoms with E-state index in [1.165, 1.54) is 0 Å². The van der Waals surface area contributed by atoms with Gasteiger partial charge in [-0.2, -0.15) is 0 Å². The molecule has 0 spiro atoms. The first-order valence-electron chi connectivity index (χ1n) is 11.4. The molecule has 2 aromatic carbocycles. The van der Waals surface area contributed by atoms with Crippen LogP contribution in [-0.2, 0) is 25.2 Å². The average Bonchev–Trinajstić information content (AvgIpc) is 2.77. The summed E-state index contributed by atoms with van der Waals surface area (Å²) in [7, 11) is -2.16. The van der Waals surface area contributed by atoms with Crippen LogP contribution in [0.4, 0.5) is 0 Å². The normalized spacial score (nSPS) is 26.1. The van der Waals surface area contributed by atoms with E-state index in [1.54, 1.807) is 12.1 Å². The Kier molecular flexibility index (Phi) is 8.77. The maximum atomic E-state index is 12.9. The molecule has 1 aliphatic rings. The number of hydrogen-bond donors (Lipinski definition) is 0. The highest BCUT2D eigenvalue weighted by atomic mass is 127. The fourth-order valence-corrected chi connectivity index (χ4v) is 5.95. The maximum absolute atomic E-state index is 12.9. The van der Waals surface area contributed by atoms with Crippen molar-refractivity contribution in [3.8, 4) is 0 Å². The number of carbonyl (C=O) groups is 1. The zero-order valence-electron chi connectivity index (χ0n) is 20.3. The van der Waals surface area contributed by atoms with Crippen LogP contribution in [0, 0.1) is 0 Å². The smallest absolute Gasteiger partial charge is 0.338 e. The number of ether oxygens (including phenoxy) is 3. The predicted molar refractivity (Wildman–Crippen MR) is 141 cm³/mol. The summed E-state index contributed by atoms with van der Waals surface area (Å²) in [6.07, 6.45) is -1.73. The van der Waals surface area contributed by atoms with Gasteiger partial charge in [-0.15, -0.1) is 0 Å². The van der Waals surface area contributed by atoms with E-state index < -0.39 is 20.7 Å². The molecule has 0 aliphatic carbocycles. The first-order chi connectivity index (χ1) is 15.5. The van der Waals surface area contributed by atoms with Crippen LogP contribution in [0.3, 0.4) is 0 Å². The number of esters is 1. The molecule has 1 fully saturated rings. The van der Waals surface area contributed by atoms with Crippen molar-refractivity contribution in [2.24, 2.45) is 0 Å². The second kappa shape index (κ2) is 11.0. The summed E-state index contributed by atoms with van der Waals surface area (Å²) in [5.41, 5.74) is 1.60. The molecule has 5 atom stereocenters. The van der Waals surface area contributed by atoms with Gasteiger partial charge in [0.05, 0.1) is 22.2 Å². The summed E-state index contributed by atoms with van der Waals surface area (Å²) in [6.45, 7) is 13.4. The van der Waals surface area contributed by atoms with Gasteiger partial charge in [0.25, 0.3) is 0 Å². The largest absolute Gasteiger partial charge is 0.453 e. The van der Waals surface area contributed by atoms with Gasteiger partial charge in [-0.25, -0.2) is 4.79 Å². The molecule has 5 nitrogen and oxygen atoms in total. The summed E-state index contributed by atoms with van der Waals surface area (Å²) < 4.78 is 25.1. The van der Waals surface area contributed by atoms with Gasteiger partial charge in [-0.3, -0.25) is 0 Å². The van der Waals surface area contributed by atoms with Gasteiger partial charge >= 0.3 is 5.97 Å². The zero-order valence-corrected chi connectivity index (χ0v) is 23.4. The third-order valence-electron chi connectivity index (χ3n) is 6.46. The number of alkyl halides is 1. The Labute approximate surface area is 212 Å². The maximum Gasteiger partial charge on any atom is 0.338 e. The van der Waals surface area contributed by atoms with E-state index in [9.17, 15) is 4.79 Å². The molecule has 180 valence electrons. The van der Waals surface area contributed by atoms with Crippen molar-refractivity contribution >= 4 is 36.9 Å². The van der Waals surface area contributed by atoms with Crippen molar-refractivity contribution in [1.82, 2.24) is 0 Å². The van der Waals surface area contributed by atoms with Crippen molar-refractivity contribution in [2.75, 3.05) is 0 Å². The highest BCUT2D eigenvalue weighted by molar-refractivity contribution is 14.1. The number of rotatable bonds is 7. The molecule has 1 saturated heterocycles. The van der Waals surface area contributed by atoms with Crippen molar-refractivity contribution in [2.45, 2.75) is 81.0 Å². The van der Waals surface area contributed by atoms with Crippen LogP contribution in [0.5, 0.6) is 0 Å². The first-order valence-corrected chi connectivity index (χ1v) is 15.5. The quantitative estimate of drug-likeness (QED) is 0.165. The molecule has 7 heteroatoms. The SMILES string of the molecule is C[C@H]1O[C@H](OCc2ccccc2)[C@@H](I)[C@@H](O[Si](C)(C)C(C)(C)C)[C@@H]1OC(=O)c1ccccc1. The Bertz CT molecular complexity index is 900. The number of halogens is 1. The molecule has 0 aromatic heterocycles. The van der Waals surface area contributed by atoms with Crippen LogP contribution in [0.1, 0.15) is 43.6 Å². The Balaban J connectivity index is 1.82. The Morgan fingerprint density at radius 2 is 1.58 bits per heavy atom. The second-order valence-electron chi connectivity index (χ2n) is 10.0. The topological polar surface area (TPSA) is 54.0 Å². The number of benzene rings is 2. The highest BCUT2D eigenvalue weighted by Crippen LogP contribution is 2.41. The van der Waals surface area contributed by atoms with Gasteiger partial charge < -0.3 is 18.6 Å². The summed E-state index contributed by atoms with van der Waals surface area (Å²) in [4.78, 5) is 12.9. The molecule has 2 aromatic rings. The van der Waals surface area contributed by atoms with Crippen molar-refractivity contribution < 1.29 is 23.4 Å². The van der Waals surface area contributed by atoms with Crippen LogP contribution in [-0.4, -0.2) is 42.8 Å². The van der Waals surface area contributed by atoms with Gasteiger partial charge in [-0.05, 0) is 42.8 Å². The van der Waals surface area contributed by atoms with E-state index in [4.69, 9.17) is 18.6 Å². The lowest BCUT2D eigenvalue weighted by molar-refractivity contribution is -0.239. The van der Waals surface area contributed by atoms with E-state index in [0.29, 0.717) is 12.2 Å². The molecule has 0 radical (unpaired) electrons. The third kappa shape index (κ3) is 6.66. The Morgan fingerprint density at radius 1 is 1.00 bits per heavy atom. The standard InChI is InChI=1S/C26H35IO5Si/c1-18-22(31-24(28)20-15-11-8-12-16-20)23(32-33(5,6)26(2,3)4)21(27)25(30-18)29-17-19-13-9-7-10-14-19/h7-16,18,21-23,25H,17H2,1-6H3/t18-,21+,22-,23-,25+/m1/s1. The molecular weight excluding hydrogens is 547 g/mol. The number of carbonyl (C=O) groups excluding carboxylic acids is 1. The summed E-state index contributed by atoms with van der Waals surface area (Å²) in [6, 6.07) is 19.1. The molecule has 0 amide bonds. The molecule has 1 heterocycles. The molecule has 0 bridgehead atoms. The van der Waals surface area contributed by atoms with Gasteiger partial charge in [-0.1, -0.05) is 91.9 Å². The van der Waals surface area contributed by atoms with Crippen LogP contribution < -0.4 is 0 Å². The lowest BCUT2D eigenvalue weighted by Gasteiger charge is -2.48. The van der Waals surface area contributed by atoms with E-state index in [1.807, 2.05) is 55.5 Å². The second-order valence-corrected chi connectivity index (χ2v) is 16.2. The third-order valence-corrected chi connectivity index (χ3v) is 12.2. The van der Waals surface area contributed by atoms with Crippen LogP contribution in [0.2, 0.25) is 18.1 Å². The van der Waals surface area contributed by atoms with Gasteiger partial charge in [0, 0.05) is 0 Å². The molecule has 0 unspecified atom stereocenters. The van der Waals surface area contributed by atoms with Crippen molar-refractivity contribution in [3.05, 3.63) is 71.8 Å². The van der Waals surface area contributed by atoms with Crippen molar-refractivity contribution in [3.63, 3.8) is 0 Å². The van der Waals surface area contributed by atoms with Crippen LogP contribution in [0.25, 0.3) is 0 Å². The lowest BCUT2D eigenvalue weighted by atomic mass is 10.0. The van der Waals surface area contributed by atoms with E-state index in [-0.39, 0.29) is 27.1 Å². The van der Waals surface area contributed by atoms with Gasteiger partial charge in [0.15, 0.2) is 20.7 Å². The Hall–Kier alpha value is -1.26. The summed E-state index contributed by atoms with van der Waals surface area (Å²) >= 11 is 2.33.